The third-order valence-electron chi connectivity index (χ3n) is 3.49. The summed E-state index contributed by atoms with van der Waals surface area (Å²) in [5.41, 5.74) is 2.98. The molecule has 0 spiro atoms. The van der Waals surface area contributed by atoms with Crippen LogP contribution in [0.25, 0.3) is 11.0 Å². The van der Waals surface area contributed by atoms with Gasteiger partial charge in [0.15, 0.2) is 0 Å². The molecule has 118 valence electrons. The molecule has 3 heterocycles. The normalized spacial score (nSPS) is 10.8. The molecule has 4 rings (SSSR count). The van der Waals surface area contributed by atoms with E-state index in [-0.39, 0.29) is 5.91 Å². The molecule has 1 N–H and O–H groups in total. The summed E-state index contributed by atoms with van der Waals surface area (Å²) in [6, 6.07) is 8.96. The monoisotopic (exact) mass is 320 g/mol. The number of rotatable bonds is 4. The molecule has 0 bridgehead atoms. The van der Waals surface area contributed by atoms with E-state index >= 15 is 0 Å². The molecule has 4 aromatic rings. The number of carbonyl (C=O) groups excluding carboxylic acids is 1. The minimum Gasteiger partial charge on any atom is -0.319 e. The van der Waals surface area contributed by atoms with Crippen LogP contribution in [0, 0.1) is 0 Å². The van der Waals surface area contributed by atoms with Gasteiger partial charge in [-0.05, 0) is 34.1 Å². The van der Waals surface area contributed by atoms with E-state index in [4.69, 9.17) is 0 Å². The summed E-state index contributed by atoms with van der Waals surface area (Å²) >= 11 is 0. The summed E-state index contributed by atoms with van der Waals surface area (Å²) < 4.78 is 6.40. The summed E-state index contributed by atoms with van der Waals surface area (Å²) in [7, 11) is 0. The highest BCUT2D eigenvalue weighted by Crippen LogP contribution is 2.16. The highest BCUT2D eigenvalue weighted by Gasteiger charge is 2.14. The average molecular weight is 320 g/mol. The quantitative estimate of drug-likeness (QED) is 0.618. The maximum atomic E-state index is 12.4. The Morgan fingerprint density at radius 3 is 3.00 bits per heavy atom. The van der Waals surface area contributed by atoms with E-state index in [0.717, 1.165) is 5.56 Å². The number of fused-ring (bicyclic) bond motifs is 1. The molecular weight excluding hydrogens is 308 g/mol. The first kappa shape index (κ1) is 14.1. The number of benzene rings is 1. The Balaban J connectivity index is 1.51. The summed E-state index contributed by atoms with van der Waals surface area (Å²) in [5, 5.41) is 14.5. The highest BCUT2D eigenvalue weighted by atomic mass is 16.6. The van der Waals surface area contributed by atoms with Gasteiger partial charge in [0.2, 0.25) is 0 Å². The molecule has 0 fully saturated rings. The Bertz CT molecular complexity index is 992. The molecular formula is C16H12N6O2. The van der Waals surface area contributed by atoms with Gasteiger partial charge in [0.05, 0.1) is 24.0 Å². The SMILES string of the molecule is O=C(Nc1cnn(Cc2cccnc2)c1)c1cccc2nonc12. The molecule has 8 heteroatoms. The first-order chi connectivity index (χ1) is 11.8. The second-order valence-electron chi connectivity index (χ2n) is 5.18. The Kier molecular flexibility index (Phi) is 3.47. The zero-order valence-corrected chi connectivity index (χ0v) is 12.5. The molecule has 0 saturated carbocycles. The number of carbonyl (C=O) groups is 1. The molecule has 3 aromatic heterocycles. The van der Waals surface area contributed by atoms with Crippen molar-refractivity contribution < 1.29 is 9.42 Å². The predicted molar refractivity (Wildman–Crippen MR) is 85.3 cm³/mol. The Morgan fingerprint density at radius 2 is 2.12 bits per heavy atom. The van der Waals surface area contributed by atoms with E-state index in [9.17, 15) is 4.79 Å². The van der Waals surface area contributed by atoms with Crippen LogP contribution in [0.3, 0.4) is 0 Å². The van der Waals surface area contributed by atoms with Crippen molar-refractivity contribution in [3.63, 3.8) is 0 Å². The Morgan fingerprint density at radius 1 is 1.17 bits per heavy atom. The molecule has 0 aliphatic carbocycles. The molecule has 8 nitrogen and oxygen atoms in total. The first-order valence-corrected chi connectivity index (χ1v) is 7.23. The molecule has 1 amide bonds. The number of nitrogens with one attached hydrogen (secondary N) is 1. The van der Waals surface area contributed by atoms with Crippen molar-refractivity contribution in [2.24, 2.45) is 0 Å². The third-order valence-corrected chi connectivity index (χ3v) is 3.49. The fourth-order valence-electron chi connectivity index (χ4n) is 2.38. The van der Waals surface area contributed by atoms with Crippen molar-refractivity contribution in [1.82, 2.24) is 25.1 Å². The van der Waals surface area contributed by atoms with Crippen LogP contribution in [0.15, 0.2) is 59.7 Å². The van der Waals surface area contributed by atoms with Crippen molar-refractivity contribution in [1.29, 1.82) is 0 Å². The lowest BCUT2D eigenvalue weighted by molar-refractivity contribution is 0.102. The fraction of sp³-hybridized carbons (Fsp3) is 0.0625. The Hall–Kier alpha value is -3.55. The highest BCUT2D eigenvalue weighted by molar-refractivity contribution is 6.11. The van der Waals surface area contributed by atoms with Gasteiger partial charge in [-0.1, -0.05) is 12.1 Å². The topological polar surface area (TPSA) is 98.7 Å². The second-order valence-corrected chi connectivity index (χ2v) is 5.18. The summed E-state index contributed by atoms with van der Waals surface area (Å²) in [6.45, 7) is 0.576. The fourth-order valence-corrected chi connectivity index (χ4v) is 2.38. The molecule has 0 aliphatic rings. The third kappa shape index (κ3) is 2.72. The van der Waals surface area contributed by atoms with Gasteiger partial charge in [0, 0.05) is 18.6 Å². The van der Waals surface area contributed by atoms with Crippen LogP contribution in [-0.2, 0) is 6.54 Å². The first-order valence-electron chi connectivity index (χ1n) is 7.23. The van der Waals surface area contributed by atoms with Crippen molar-refractivity contribution in [3.8, 4) is 0 Å². The minimum atomic E-state index is -0.294. The van der Waals surface area contributed by atoms with E-state index in [1.165, 1.54) is 0 Å². The molecule has 0 saturated heterocycles. The summed E-state index contributed by atoms with van der Waals surface area (Å²) in [5.74, 6) is -0.294. The van der Waals surface area contributed by atoms with E-state index in [1.54, 1.807) is 47.7 Å². The second kappa shape index (κ2) is 5.92. The van der Waals surface area contributed by atoms with Crippen LogP contribution in [0.2, 0.25) is 0 Å². The molecule has 0 atom stereocenters. The van der Waals surface area contributed by atoms with Crippen LogP contribution >= 0.6 is 0 Å². The predicted octanol–water partition coefficient (Wildman–Crippen LogP) is 2.11. The Labute approximate surface area is 136 Å². The molecule has 1 aromatic carbocycles. The van der Waals surface area contributed by atoms with Gasteiger partial charge in [0.25, 0.3) is 5.91 Å². The lowest BCUT2D eigenvalue weighted by Gasteiger charge is -2.02. The maximum Gasteiger partial charge on any atom is 0.258 e. The van der Waals surface area contributed by atoms with Gasteiger partial charge in [-0.3, -0.25) is 14.5 Å². The zero-order valence-electron chi connectivity index (χ0n) is 12.5. The van der Waals surface area contributed by atoms with E-state index in [1.807, 2.05) is 12.1 Å². The standard InChI is InChI=1S/C16H12N6O2/c23-16(13-4-1-5-14-15(13)21-24-20-14)19-12-8-18-22(10-12)9-11-3-2-6-17-7-11/h1-8,10H,9H2,(H,19,23). The van der Waals surface area contributed by atoms with Crippen LogP contribution in [0.4, 0.5) is 5.69 Å². The molecule has 24 heavy (non-hydrogen) atoms. The van der Waals surface area contributed by atoms with Gasteiger partial charge >= 0.3 is 0 Å². The van der Waals surface area contributed by atoms with E-state index in [2.05, 4.69) is 30.3 Å². The van der Waals surface area contributed by atoms with Crippen LogP contribution < -0.4 is 5.32 Å². The van der Waals surface area contributed by atoms with Crippen molar-refractivity contribution in [2.45, 2.75) is 6.54 Å². The van der Waals surface area contributed by atoms with E-state index in [0.29, 0.717) is 28.8 Å². The van der Waals surface area contributed by atoms with Crippen LogP contribution in [0.1, 0.15) is 15.9 Å². The lowest BCUT2D eigenvalue weighted by Crippen LogP contribution is -2.12. The van der Waals surface area contributed by atoms with Crippen LogP contribution in [0.5, 0.6) is 0 Å². The number of anilines is 1. The van der Waals surface area contributed by atoms with Gasteiger partial charge in [-0.15, -0.1) is 0 Å². The number of nitrogens with zero attached hydrogens (tertiary/aromatic N) is 5. The summed E-state index contributed by atoms with van der Waals surface area (Å²) in [4.78, 5) is 16.5. The van der Waals surface area contributed by atoms with Crippen LogP contribution in [-0.4, -0.2) is 31.0 Å². The van der Waals surface area contributed by atoms with Gasteiger partial charge in [-0.25, -0.2) is 4.63 Å². The number of hydrogen-bond donors (Lipinski definition) is 1. The maximum absolute atomic E-state index is 12.4. The van der Waals surface area contributed by atoms with E-state index < -0.39 is 0 Å². The molecule has 0 unspecified atom stereocenters. The average Bonchev–Trinajstić information content (AvgIpc) is 3.24. The smallest absolute Gasteiger partial charge is 0.258 e. The number of hydrogen-bond acceptors (Lipinski definition) is 6. The van der Waals surface area contributed by atoms with Gasteiger partial charge in [0.1, 0.15) is 11.0 Å². The lowest BCUT2D eigenvalue weighted by atomic mass is 10.1. The zero-order chi connectivity index (χ0) is 16.4. The number of aromatic nitrogens is 5. The number of amides is 1. The largest absolute Gasteiger partial charge is 0.319 e. The van der Waals surface area contributed by atoms with Crippen molar-refractivity contribution in [3.05, 3.63) is 66.2 Å². The van der Waals surface area contributed by atoms with Crippen molar-refractivity contribution >= 4 is 22.6 Å². The van der Waals surface area contributed by atoms with Gasteiger partial charge < -0.3 is 5.32 Å². The molecule has 0 radical (unpaired) electrons. The minimum absolute atomic E-state index is 0.294. The molecule has 0 aliphatic heterocycles. The number of pyridine rings is 1. The van der Waals surface area contributed by atoms with Gasteiger partial charge in [-0.2, -0.15) is 5.10 Å². The summed E-state index contributed by atoms with van der Waals surface area (Å²) in [6.07, 6.45) is 6.84. The van der Waals surface area contributed by atoms with Crippen molar-refractivity contribution in [2.75, 3.05) is 5.32 Å².